The van der Waals surface area contributed by atoms with Crippen LogP contribution in [0.25, 0.3) is 11.0 Å². The number of benzene rings is 1. The molecule has 0 atom stereocenters. The van der Waals surface area contributed by atoms with Crippen molar-refractivity contribution in [2.75, 3.05) is 6.54 Å². The number of carbonyl (C=O) groups is 1. The fraction of sp³-hybridized carbons (Fsp3) is 0.500. The second-order valence-electron chi connectivity index (χ2n) is 5.49. The average molecular weight is 299 g/mol. The van der Waals surface area contributed by atoms with E-state index in [2.05, 4.69) is 36.1 Å². The first-order valence-electron chi connectivity index (χ1n) is 8.27. The predicted molar refractivity (Wildman–Crippen MR) is 90.2 cm³/mol. The second-order valence-corrected chi connectivity index (χ2v) is 5.49. The van der Waals surface area contributed by atoms with E-state index in [1.54, 1.807) is 0 Å². The van der Waals surface area contributed by atoms with Crippen molar-refractivity contribution in [2.45, 2.75) is 52.9 Å². The van der Waals surface area contributed by atoms with E-state index in [9.17, 15) is 4.79 Å². The van der Waals surface area contributed by atoms with Crippen molar-refractivity contribution in [3.8, 4) is 0 Å². The molecule has 1 amide bonds. The minimum Gasteiger partial charge on any atom is -0.352 e. The van der Waals surface area contributed by atoms with Crippen molar-refractivity contribution >= 4 is 16.9 Å². The lowest BCUT2D eigenvalue weighted by molar-refractivity contribution is 0.0953. The molecule has 1 aromatic heterocycles. The largest absolute Gasteiger partial charge is 0.352 e. The molecule has 0 saturated carbocycles. The SMILES string of the molecule is CCCCCNC(=O)c1ccc2nc(CC)c(CC)nc2c1. The van der Waals surface area contributed by atoms with Gasteiger partial charge >= 0.3 is 0 Å². The van der Waals surface area contributed by atoms with Gasteiger partial charge in [0.05, 0.1) is 22.4 Å². The highest BCUT2D eigenvalue weighted by molar-refractivity contribution is 5.97. The summed E-state index contributed by atoms with van der Waals surface area (Å²) in [6.07, 6.45) is 5.06. The van der Waals surface area contributed by atoms with Gasteiger partial charge in [0, 0.05) is 12.1 Å². The first-order chi connectivity index (χ1) is 10.7. The summed E-state index contributed by atoms with van der Waals surface area (Å²) in [5.74, 6) is -0.0302. The molecule has 0 spiro atoms. The Labute approximate surface area is 132 Å². The third kappa shape index (κ3) is 3.81. The summed E-state index contributed by atoms with van der Waals surface area (Å²) in [6, 6.07) is 5.56. The third-order valence-corrected chi connectivity index (χ3v) is 3.82. The number of rotatable bonds is 7. The highest BCUT2D eigenvalue weighted by atomic mass is 16.1. The highest BCUT2D eigenvalue weighted by Gasteiger charge is 2.10. The van der Waals surface area contributed by atoms with E-state index in [4.69, 9.17) is 0 Å². The van der Waals surface area contributed by atoms with Crippen LogP contribution in [0.1, 0.15) is 61.8 Å². The quantitative estimate of drug-likeness (QED) is 0.794. The van der Waals surface area contributed by atoms with Crippen LogP contribution in [0.3, 0.4) is 0 Å². The van der Waals surface area contributed by atoms with E-state index in [1.807, 2.05) is 18.2 Å². The lowest BCUT2D eigenvalue weighted by Gasteiger charge is -2.08. The van der Waals surface area contributed by atoms with Crippen molar-refractivity contribution < 1.29 is 4.79 Å². The Balaban J connectivity index is 2.20. The van der Waals surface area contributed by atoms with Crippen LogP contribution >= 0.6 is 0 Å². The van der Waals surface area contributed by atoms with Crippen molar-refractivity contribution in [1.29, 1.82) is 0 Å². The Morgan fingerprint density at radius 2 is 1.68 bits per heavy atom. The molecule has 0 fully saturated rings. The zero-order valence-electron chi connectivity index (χ0n) is 13.8. The minimum atomic E-state index is -0.0302. The number of hydrogen-bond donors (Lipinski definition) is 1. The van der Waals surface area contributed by atoms with Crippen LogP contribution in [0.2, 0.25) is 0 Å². The van der Waals surface area contributed by atoms with Crippen molar-refractivity contribution in [3.05, 3.63) is 35.2 Å². The zero-order valence-corrected chi connectivity index (χ0v) is 13.8. The first-order valence-corrected chi connectivity index (χ1v) is 8.27. The number of nitrogens with zero attached hydrogens (tertiary/aromatic N) is 2. The van der Waals surface area contributed by atoms with E-state index < -0.39 is 0 Å². The van der Waals surface area contributed by atoms with Crippen LogP contribution in [0.15, 0.2) is 18.2 Å². The van der Waals surface area contributed by atoms with Crippen LogP contribution in [0.4, 0.5) is 0 Å². The summed E-state index contributed by atoms with van der Waals surface area (Å²) in [6.45, 7) is 7.05. The van der Waals surface area contributed by atoms with E-state index in [1.165, 1.54) is 0 Å². The molecule has 0 bridgehead atoms. The van der Waals surface area contributed by atoms with Crippen LogP contribution < -0.4 is 5.32 Å². The highest BCUT2D eigenvalue weighted by Crippen LogP contribution is 2.16. The Hall–Kier alpha value is -1.97. The molecule has 118 valence electrons. The molecule has 1 heterocycles. The van der Waals surface area contributed by atoms with Gasteiger partial charge in [-0.1, -0.05) is 33.6 Å². The molecule has 0 saturated heterocycles. The molecule has 0 aliphatic heterocycles. The number of hydrogen-bond acceptors (Lipinski definition) is 3. The predicted octanol–water partition coefficient (Wildman–Crippen LogP) is 3.67. The lowest BCUT2D eigenvalue weighted by atomic mass is 10.1. The standard InChI is InChI=1S/C18H25N3O/c1-4-7-8-11-19-18(22)13-9-10-16-17(12-13)21-15(6-3)14(5-2)20-16/h9-10,12H,4-8,11H2,1-3H3,(H,19,22). The molecule has 0 radical (unpaired) electrons. The molecule has 0 unspecified atom stereocenters. The van der Waals surface area contributed by atoms with Gasteiger partial charge in [0.2, 0.25) is 0 Å². The minimum absolute atomic E-state index is 0.0302. The molecule has 0 aliphatic rings. The van der Waals surface area contributed by atoms with Gasteiger partial charge < -0.3 is 5.32 Å². The van der Waals surface area contributed by atoms with Gasteiger partial charge in [-0.3, -0.25) is 4.79 Å². The van der Waals surface area contributed by atoms with Crippen LogP contribution in [-0.4, -0.2) is 22.4 Å². The van der Waals surface area contributed by atoms with Gasteiger partial charge in [0.15, 0.2) is 0 Å². The van der Waals surface area contributed by atoms with E-state index in [0.29, 0.717) is 5.56 Å². The molecular formula is C18H25N3O. The van der Waals surface area contributed by atoms with Gasteiger partial charge in [-0.15, -0.1) is 0 Å². The summed E-state index contributed by atoms with van der Waals surface area (Å²) in [5, 5.41) is 2.96. The summed E-state index contributed by atoms with van der Waals surface area (Å²) in [5.41, 5.74) is 4.39. The fourth-order valence-electron chi connectivity index (χ4n) is 2.51. The molecule has 2 aromatic rings. The van der Waals surface area contributed by atoms with Crippen molar-refractivity contribution in [2.24, 2.45) is 0 Å². The topological polar surface area (TPSA) is 54.9 Å². The van der Waals surface area contributed by atoms with Crippen LogP contribution in [-0.2, 0) is 12.8 Å². The maximum Gasteiger partial charge on any atom is 0.251 e. The fourth-order valence-corrected chi connectivity index (χ4v) is 2.51. The maximum absolute atomic E-state index is 12.2. The van der Waals surface area contributed by atoms with Gasteiger partial charge in [0.25, 0.3) is 5.91 Å². The average Bonchev–Trinajstić information content (AvgIpc) is 2.56. The van der Waals surface area contributed by atoms with Crippen LogP contribution in [0.5, 0.6) is 0 Å². The number of aromatic nitrogens is 2. The molecule has 22 heavy (non-hydrogen) atoms. The number of fused-ring (bicyclic) bond motifs is 1. The van der Waals surface area contributed by atoms with E-state index in [0.717, 1.165) is 61.1 Å². The molecule has 4 nitrogen and oxygen atoms in total. The Morgan fingerprint density at radius 3 is 2.32 bits per heavy atom. The smallest absolute Gasteiger partial charge is 0.251 e. The number of carbonyl (C=O) groups excluding carboxylic acids is 1. The number of unbranched alkanes of at least 4 members (excludes halogenated alkanes) is 2. The number of amides is 1. The summed E-state index contributed by atoms with van der Waals surface area (Å²) < 4.78 is 0. The Bertz CT molecular complexity index is 652. The van der Waals surface area contributed by atoms with Crippen molar-refractivity contribution in [1.82, 2.24) is 15.3 Å². The van der Waals surface area contributed by atoms with Gasteiger partial charge in [-0.05, 0) is 37.5 Å². The monoisotopic (exact) mass is 299 g/mol. The summed E-state index contributed by atoms with van der Waals surface area (Å²) >= 11 is 0. The molecule has 2 rings (SSSR count). The Morgan fingerprint density at radius 1 is 1.00 bits per heavy atom. The van der Waals surface area contributed by atoms with Crippen LogP contribution in [0, 0.1) is 0 Å². The zero-order chi connectivity index (χ0) is 15.9. The van der Waals surface area contributed by atoms with E-state index >= 15 is 0 Å². The van der Waals surface area contributed by atoms with Crippen molar-refractivity contribution in [3.63, 3.8) is 0 Å². The first kappa shape index (κ1) is 16.4. The molecule has 1 aromatic carbocycles. The number of nitrogens with one attached hydrogen (secondary N) is 1. The normalized spacial score (nSPS) is 10.9. The summed E-state index contributed by atoms with van der Waals surface area (Å²) in [7, 11) is 0. The van der Waals surface area contributed by atoms with E-state index in [-0.39, 0.29) is 5.91 Å². The lowest BCUT2D eigenvalue weighted by Crippen LogP contribution is -2.24. The van der Waals surface area contributed by atoms with Gasteiger partial charge in [-0.2, -0.15) is 0 Å². The molecule has 1 N–H and O–H groups in total. The van der Waals surface area contributed by atoms with Gasteiger partial charge in [-0.25, -0.2) is 9.97 Å². The Kier molecular flexibility index (Phi) is 5.87. The summed E-state index contributed by atoms with van der Waals surface area (Å²) in [4.78, 5) is 21.5. The molecular weight excluding hydrogens is 274 g/mol. The number of aryl methyl sites for hydroxylation is 2. The molecule has 4 heteroatoms. The third-order valence-electron chi connectivity index (χ3n) is 3.82. The maximum atomic E-state index is 12.2. The van der Waals surface area contributed by atoms with Gasteiger partial charge in [0.1, 0.15) is 0 Å². The molecule has 0 aliphatic carbocycles. The second kappa shape index (κ2) is 7.87.